The molecule has 0 heterocycles. The SMILES string of the molecule is CC(Cc1ccc(F)cc1)NC(=O)C(=O)NCC#N. The van der Waals surface area contributed by atoms with Crippen LogP contribution in [-0.2, 0) is 16.0 Å². The molecule has 0 fully saturated rings. The predicted molar refractivity (Wildman–Crippen MR) is 66.3 cm³/mol. The van der Waals surface area contributed by atoms with Gasteiger partial charge in [0.1, 0.15) is 12.4 Å². The van der Waals surface area contributed by atoms with E-state index in [1.54, 1.807) is 25.1 Å². The van der Waals surface area contributed by atoms with Crippen LogP contribution in [0.4, 0.5) is 4.39 Å². The number of carbonyl (C=O) groups is 2. The molecule has 0 aliphatic heterocycles. The molecule has 0 aliphatic carbocycles. The summed E-state index contributed by atoms with van der Waals surface area (Å²) in [5.41, 5.74) is 0.853. The van der Waals surface area contributed by atoms with Gasteiger partial charge in [-0.25, -0.2) is 4.39 Å². The fraction of sp³-hybridized carbons (Fsp3) is 0.308. The summed E-state index contributed by atoms with van der Waals surface area (Å²) < 4.78 is 12.7. The van der Waals surface area contributed by atoms with Gasteiger partial charge in [-0.1, -0.05) is 12.1 Å². The number of hydrogen-bond acceptors (Lipinski definition) is 3. The van der Waals surface area contributed by atoms with E-state index in [0.717, 1.165) is 5.56 Å². The summed E-state index contributed by atoms with van der Waals surface area (Å²) >= 11 is 0. The van der Waals surface area contributed by atoms with Crippen LogP contribution in [-0.4, -0.2) is 24.4 Å². The Kier molecular flexibility index (Phi) is 5.48. The van der Waals surface area contributed by atoms with Crippen LogP contribution in [0.25, 0.3) is 0 Å². The highest BCUT2D eigenvalue weighted by molar-refractivity contribution is 6.35. The van der Waals surface area contributed by atoms with Gasteiger partial charge in [0.05, 0.1) is 6.07 Å². The van der Waals surface area contributed by atoms with Gasteiger partial charge in [0.2, 0.25) is 0 Å². The maximum atomic E-state index is 12.7. The Morgan fingerprint density at radius 3 is 2.53 bits per heavy atom. The minimum atomic E-state index is -0.840. The molecule has 5 nitrogen and oxygen atoms in total. The van der Waals surface area contributed by atoms with Crippen LogP contribution >= 0.6 is 0 Å². The molecule has 100 valence electrons. The topological polar surface area (TPSA) is 82.0 Å². The van der Waals surface area contributed by atoms with Crippen molar-refractivity contribution >= 4 is 11.8 Å². The van der Waals surface area contributed by atoms with E-state index in [1.807, 2.05) is 0 Å². The summed E-state index contributed by atoms with van der Waals surface area (Å²) in [6.07, 6.45) is 0.484. The normalized spacial score (nSPS) is 11.2. The predicted octanol–water partition coefficient (Wildman–Crippen LogP) is 0.513. The average molecular weight is 263 g/mol. The van der Waals surface area contributed by atoms with E-state index < -0.39 is 11.8 Å². The zero-order chi connectivity index (χ0) is 14.3. The minimum absolute atomic E-state index is 0.210. The molecule has 0 radical (unpaired) electrons. The molecule has 2 N–H and O–H groups in total. The van der Waals surface area contributed by atoms with Gasteiger partial charge in [-0.15, -0.1) is 0 Å². The lowest BCUT2D eigenvalue weighted by Gasteiger charge is -2.13. The molecule has 1 unspecified atom stereocenters. The highest BCUT2D eigenvalue weighted by Gasteiger charge is 2.15. The van der Waals surface area contributed by atoms with Crippen molar-refractivity contribution in [2.75, 3.05) is 6.54 Å². The zero-order valence-corrected chi connectivity index (χ0v) is 10.4. The van der Waals surface area contributed by atoms with Crippen LogP contribution in [0.5, 0.6) is 0 Å². The Morgan fingerprint density at radius 1 is 1.32 bits per heavy atom. The van der Waals surface area contributed by atoms with Gasteiger partial charge in [-0.3, -0.25) is 9.59 Å². The number of carbonyl (C=O) groups excluding carboxylic acids is 2. The molecular weight excluding hydrogens is 249 g/mol. The van der Waals surface area contributed by atoms with Crippen LogP contribution in [0.3, 0.4) is 0 Å². The first kappa shape index (κ1) is 14.6. The fourth-order valence-electron chi connectivity index (χ4n) is 1.51. The lowest BCUT2D eigenvalue weighted by molar-refractivity contribution is -0.139. The van der Waals surface area contributed by atoms with Crippen molar-refractivity contribution in [1.82, 2.24) is 10.6 Å². The van der Waals surface area contributed by atoms with Crippen LogP contribution in [0.1, 0.15) is 12.5 Å². The van der Waals surface area contributed by atoms with Crippen LogP contribution in [0.2, 0.25) is 0 Å². The first-order valence-corrected chi connectivity index (χ1v) is 5.73. The standard InChI is InChI=1S/C13H14FN3O2/c1-9(8-10-2-4-11(14)5-3-10)17-13(19)12(18)16-7-6-15/h2-5,9H,7-8H2,1H3,(H,16,18)(H,17,19). The second kappa shape index (κ2) is 7.11. The fourth-order valence-corrected chi connectivity index (χ4v) is 1.51. The molecule has 0 saturated heterocycles. The zero-order valence-electron chi connectivity index (χ0n) is 10.4. The molecule has 1 aromatic carbocycles. The summed E-state index contributed by atoms with van der Waals surface area (Å²) in [6, 6.07) is 7.34. The lowest BCUT2D eigenvalue weighted by atomic mass is 10.1. The molecule has 0 aliphatic rings. The van der Waals surface area contributed by atoms with Gasteiger partial charge < -0.3 is 10.6 Å². The molecule has 0 bridgehead atoms. The smallest absolute Gasteiger partial charge is 0.310 e. The number of rotatable bonds is 4. The van der Waals surface area contributed by atoms with Gasteiger partial charge in [0.25, 0.3) is 0 Å². The molecule has 1 atom stereocenters. The number of benzene rings is 1. The van der Waals surface area contributed by atoms with E-state index in [2.05, 4.69) is 10.6 Å². The first-order chi connectivity index (χ1) is 9.02. The van der Waals surface area contributed by atoms with Gasteiger partial charge >= 0.3 is 11.8 Å². The molecule has 0 aromatic heterocycles. The number of nitrogens with one attached hydrogen (secondary N) is 2. The van der Waals surface area contributed by atoms with Crippen LogP contribution < -0.4 is 10.6 Å². The molecular formula is C13H14FN3O2. The maximum Gasteiger partial charge on any atom is 0.310 e. The Hall–Kier alpha value is -2.42. The van der Waals surface area contributed by atoms with E-state index in [9.17, 15) is 14.0 Å². The molecule has 6 heteroatoms. The second-order valence-corrected chi connectivity index (χ2v) is 4.05. The van der Waals surface area contributed by atoms with Crippen molar-refractivity contribution in [2.45, 2.75) is 19.4 Å². The number of amides is 2. The van der Waals surface area contributed by atoms with E-state index in [4.69, 9.17) is 5.26 Å². The largest absolute Gasteiger partial charge is 0.345 e. The van der Waals surface area contributed by atoms with E-state index in [-0.39, 0.29) is 18.4 Å². The Morgan fingerprint density at radius 2 is 1.95 bits per heavy atom. The number of halogens is 1. The van der Waals surface area contributed by atoms with Crippen molar-refractivity contribution in [3.63, 3.8) is 0 Å². The number of hydrogen-bond donors (Lipinski definition) is 2. The Bertz CT molecular complexity index is 494. The third-order valence-corrected chi connectivity index (χ3v) is 2.37. The van der Waals surface area contributed by atoms with Crippen LogP contribution in [0.15, 0.2) is 24.3 Å². The highest BCUT2D eigenvalue weighted by Crippen LogP contribution is 2.05. The molecule has 0 saturated carbocycles. The van der Waals surface area contributed by atoms with Gasteiger partial charge in [-0.2, -0.15) is 5.26 Å². The highest BCUT2D eigenvalue weighted by atomic mass is 19.1. The third-order valence-electron chi connectivity index (χ3n) is 2.37. The molecule has 19 heavy (non-hydrogen) atoms. The number of nitrogens with zero attached hydrogens (tertiary/aromatic N) is 1. The van der Waals surface area contributed by atoms with Crippen molar-refractivity contribution in [2.24, 2.45) is 0 Å². The third kappa shape index (κ3) is 5.17. The quantitative estimate of drug-likeness (QED) is 0.613. The van der Waals surface area contributed by atoms with Crippen LogP contribution in [0, 0.1) is 17.1 Å². The first-order valence-electron chi connectivity index (χ1n) is 5.73. The van der Waals surface area contributed by atoms with E-state index >= 15 is 0 Å². The molecule has 1 aromatic rings. The molecule has 2 amide bonds. The van der Waals surface area contributed by atoms with E-state index in [1.165, 1.54) is 12.1 Å². The summed E-state index contributed by atoms with van der Waals surface area (Å²) in [7, 11) is 0. The lowest BCUT2D eigenvalue weighted by Crippen LogP contribution is -2.44. The average Bonchev–Trinajstić information content (AvgIpc) is 2.38. The van der Waals surface area contributed by atoms with Gasteiger partial charge in [-0.05, 0) is 31.0 Å². The van der Waals surface area contributed by atoms with Gasteiger partial charge in [0.15, 0.2) is 0 Å². The minimum Gasteiger partial charge on any atom is -0.345 e. The molecule has 1 rings (SSSR count). The molecule has 0 spiro atoms. The van der Waals surface area contributed by atoms with Crippen molar-refractivity contribution in [1.29, 1.82) is 5.26 Å². The maximum absolute atomic E-state index is 12.7. The van der Waals surface area contributed by atoms with Crippen molar-refractivity contribution in [3.8, 4) is 6.07 Å². The number of nitriles is 1. The Balaban J connectivity index is 2.44. The monoisotopic (exact) mass is 263 g/mol. The summed E-state index contributed by atoms with van der Waals surface area (Å²) in [4.78, 5) is 22.6. The van der Waals surface area contributed by atoms with E-state index in [0.29, 0.717) is 6.42 Å². The summed E-state index contributed by atoms with van der Waals surface area (Å²) in [5, 5.41) is 12.9. The van der Waals surface area contributed by atoms with Crippen molar-refractivity contribution in [3.05, 3.63) is 35.6 Å². The second-order valence-electron chi connectivity index (χ2n) is 4.05. The summed E-state index contributed by atoms with van der Waals surface area (Å²) in [5.74, 6) is -1.95. The Labute approximate surface area is 110 Å². The van der Waals surface area contributed by atoms with Crippen molar-refractivity contribution < 1.29 is 14.0 Å². The van der Waals surface area contributed by atoms with Gasteiger partial charge in [0, 0.05) is 6.04 Å². The summed E-state index contributed by atoms with van der Waals surface area (Å²) in [6.45, 7) is 1.53.